The minimum absolute atomic E-state index is 0.0838. The van der Waals surface area contributed by atoms with E-state index in [1.165, 1.54) is 4.90 Å². The first-order chi connectivity index (χ1) is 9.04. The molecule has 19 heavy (non-hydrogen) atoms. The van der Waals surface area contributed by atoms with Gasteiger partial charge in [-0.3, -0.25) is 0 Å². The highest BCUT2D eigenvalue weighted by Crippen LogP contribution is 2.18. The molecule has 0 aliphatic rings. The Morgan fingerprint density at radius 2 is 1.89 bits per heavy atom. The summed E-state index contributed by atoms with van der Waals surface area (Å²) in [5.74, 6) is 0.275. The van der Waals surface area contributed by atoms with Gasteiger partial charge in [-0.1, -0.05) is 19.1 Å². The minimum atomic E-state index is -0.0838. The number of carbonyl (C=O) groups is 1. The number of hydrogen-bond donors (Lipinski definition) is 3. The van der Waals surface area contributed by atoms with E-state index in [1.54, 1.807) is 26.2 Å². The van der Waals surface area contributed by atoms with Gasteiger partial charge in [-0.2, -0.15) is 0 Å². The molecule has 5 nitrogen and oxygen atoms in total. The SMILES string of the molecule is CCC(NCCNC(=O)N(C)C)c1ccc(O)cc1. The summed E-state index contributed by atoms with van der Waals surface area (Å²) in [7, 11) is 3.43. The van der Waals surface area contributed by atoms with Crippen LogP contribution in [0.5, 0.6) is 5.75 Å². The molecule has 0 fully saturated rings. The molecule has 1 rings (SSSR count). The monoisotopic (exact) mass is 265 g/mol. The first-order valence-corrected chi connectivity index (χ1v) is 6.52. The molecule has 1 aromatic carbocycles. The molecule has 0 saturated carbocycles. The Bertz CT molecular complexity index is 390. The summed E-state index contributed by atoms with van der Waals surface area (Å²) in [6.07, 6.45) is 0.951. The number of nitrogens with zero attached hydrogens (tertiary/aromatic N) is 1. The fourth-order valence-corrected chi connectivity index (χ4v) is 1.78. The molecule has 0 heterocycles. The van der Waals surface area contributed by atoms with Crippen LogP contribution in [-0.2, 0) is 0 Å². The second-order valence-electron chi connectivity index (χ2n) is 4.63. The van der Waals surface area contributed by atoms with Crippen molar-refractivity contribution >= 4 is 6.03 Å². The van der Waals surface area contributed by atoms with Gasteiger partial charge in [-0.05, 0) is 24.1 Å². The molecular formula is C14H23N3O2. The van der Waals surface area contributed by atoms with Crippen LogP contribution in [0, 0.1) is 0 Å². The zero-order valence-electron chi connectivity index (χ0n) is 11.8. The molecule has 1 unspecified atom stereocenters. The lowest BCUT2D eigenvalue weighted by atomic mass is 10.0. The van der Waals surface area contributed by atoms with Gasteiger partial charge in [0.2, 0.25) is 0 Å². The summed E-state index contributed by atoms with van der Waals surface area (Å²) in [6, 6.07) is 7.35. The first kappa shape index (κ1) is 15.3. The van der Waals surface area contributed by atoms with E-state index in [0.29, 0.717) is 13.1 Å². The van der Waals surface area contributed by atoms with Crippen molar-refractivity contribution in [1.29, 1.82) is 0 Å². The van der Waals surface area contributed by atoms with Crippen molar-refractivity contribution in [3.8, 4) is 5.75 Å². The first-order valence-electron chi connectivity index (χ1n) is 6.52. The lowest BCUT2D eigenvalue weighted by Gasteiger charge is -2.18. The summed E-state index contributed by atoms with van der Waals surface area (Å²) >= 11 is 0. The molecule has 0 aliphatic carbocycles. The van der Waals surface area contributed by atoms with E-state index >= 15 is 0 Å². The van der Waals surface area contributed by atoms with Crippen LogP contribution in [0.4, 0.5) is 4.79 Å². The minimum Gasteiger partial charge on any atom is -0.508 e. The van der Waals surface area contributed by atoms with Crippen LogP contribution in [0.3, 0.4) is 0 Å². The van der Waals surface area contributed by atoms with Crippen molar-refractivity contribution in [1.82, 2.24) is 15.5 Å². The number of aromatic hydroxyl groups is 1. The quantitative estimate of drug-likeness (QED) is 0.686. The molecule has 0 aliphatic heterocycles. The van der Waals surface area contributed by atoms with Crippen molar-refractivity contribution in [2.24, 2.45) is 0 Å². The van der Waals surface area contributed by atoms with Crippen LogP contribution in [0.1, 0.15) is 24.9 Å². The molecule has 3 N–H and O–H groups in total. The molecule has 0 bridgehead atoms. The number of phenolic OH excluding ortho intramolecular Hbond substituents is 1. The molecule has 1 atom stereocenters. The maximum absolute atomic E-state index is 11.3. The zero-order chi connectivity index (χ0) is 14.3. The number of amides is 2. The predicted molar refractivity (Wildman–Crippen MR) is 76.2 cm³/mol. The normalized spacial score (nSPS) is 11.9. The van der Waals surface area contributed by atoms with Gasteiger partial charge in [-0.25, -0.2) is 4.79 Å². The van der Waals surface area contributed by atoms with Crippen molar-refractivity contribution in [3.05, 3.63) is 29.8 Å². The van der Waals surface area contributed by atoms with E-state index in [4.69, 9.17) is 0 Å². The molecule has 2 amide bonds. The lowest BCUT2D eigenvalue weighted by Crippen LogP contribution is -2.39. The number of benzene rings is 1. The van der Waals surface area contributed by atoms with Crippen LogP contribution in [0.2, 0.25) is 0 Å². The number of carbonyl (C=O) groups excluding carboxylic acids is 1. The molecule has 5 heteroatoms. The van der Waals surface area contributed by atoms with Gasteiger partial charge in [0.1, 0.15) is 5.75 Å². The third-order valence-electron chi connectivity index (χ3n) is 2.90. The molecule has 0 saturated heterocycles. The lowest BCUT2D eigenvalue weighted by molar-refractivity contribution is 0.217. The average Bonchev–Trinajstić information content (AvgIpc) is 2.40. The van der Waals surface area contributed by atoms with Crippen LogP contribution in [-0.4, -0.2) is 43.2 Å². The standard InChI is InChI=1S/C14H23N3O2/c1-4-13(11-5-7-12(18)8-6-11)15-9-10-16-14(19)17(2)3/h5-8,13,15,18H,4,9-10H2,1-3H3,(H,16,19). The average molecular weight is 265 g/mol. The number of nitrogens with one attached hydrogen (secondary N) is 2. The maximum atomic E-state index is 11.3. The van der Waals surface area contributed by atoms with Crippen molar-refractivity contribution < 1.29 is 9.90 Å². The Hall–Kier alpha value is -1.75. The molecule has 0 aromatic heterocycles. The third kappa shape index (κ3) is 5.18. The Labute approximate surface area is 114 Å². The summed E-state index contributed by atoms with van der Waals surface area (Å²) in [6.45, 7) is 3.40. The summed E-state index contributed by atoms with van der Waals surface area (Å²) in [5, 5.41) is 15.5. The molecule has 106 valence electrons. The molecule has 0 radical (unpaired) electrons. The van der Waals surface area contributed by atoms with Crippen LogP contribution >= 0.6 is 0 Å². The Balaban J connectivity index is 2.37. The molecular weight excluding hydrogens is 242 g/mol. The topological polar surface area (TPSA) is 64.6 Å². The van der Waals surface area contributed by atoms with Crippen molar-refractivity contribution in [2.75, 3.05) is 27.2 Å². The van der Waals surface area contributed by atoms with Gasteiger partial charge in [0.15, 0.2) is 0 Å². The highest BCUT2D eigenvalue weighted by atomic mass is 16.3. The second-order valence-corrected chi connectivity index (χ2v) is 4.63. The van der Waals surface area contributed by atoms with Gasteiger partial charge >= 0.3 is 6.03 Å². The van der Waals surface area contributed by atoms with Gasteiger partial charge < -0.3 is 20.6 Å². The van der Waals surface area contributed by atoms with Gasteiger partial charge in [0.05, 0.1) is 0 Å². The predicted octanol–water partition coefficient (Wildman–Crippen LogP) is 1.70. The van der Waals surface area contributed by atoms with Gasteiger partial charge in [0.25, 0.3) is 0 Å². The molecule has 0 spiro atoms. The van der Waals surface area contributed by atoms with Gasteiger partial charge in [0, 0.05) is 33.2 Å². The van der Waals surface area contributed by atoms with E-state index in [9.17, 15) is 9.90 Å². The largest absolute Gasteiger partial charge is 0.508 e. The van der Waals surface area contributed by atoms with Crippen molar-refractivity contribution in [3.63, 3.8) is 0 Å². The van der Waals surface area contributed by atoms with E-state index in [1.807, 2.05) is 12.1 Å². The Kier molecular flexibility index (Phi) is 6.15. The highest BCUT2D eigenvalue weighted by molar-refractivity contribution is 5.73. The summed E-state index contributed by atoms with van der Waals surface area (Å²) < 4.78 is 0. The van der Waals surface area contributed by atoms with E-state index in [-0.39, 0.29) is 17.8 Å². The number of hydrogen-bond acceptors (Lipinski definition) is 3. The van der Waals surface area contributed by atoms with Crippen LogP contribution < -0.4 is 10.6 Å². The number of rotatable bonds is 6. The van der Waals surface area contributed by atoms with Crippen LogP contribution in [0.15, 0.2) is 24.3 Å². The number of phenols is 1. The smallest absolute Gasteiger partial charge is 0.316 e. The van der Waals surface area contributed by atoms with Crippen LogP contribution in [0.25, 0.3) is 0 Å². The second kappa shape index (κ2) is 7.63. The Morgan fingerprint density at radius 1 is 1.26 bits per heavy atom. The van der Waals surface area contributed by atoms with Crippen molar-refractivity contribution in [2.45, 2.75) is 19.4 Å². The maximum Gasteiger partial charge on any atom is 0.316 e. The van der Waals surface area contributed by atoms with E-state index in [2.05, 4.69) is 17.6 Å². The zero-order valence-corrected chi connectivity index (χ0v) is 11.8. The number of urea groups is 1. The summed E-state index contributed by atoms with van der Waals surface area (Å²) in [4.78, 5) is 12.8. The third-order valence-corrected chi connectivity index (χ3v) is 2.90. The fraction of sp³-hybridized carbons (Fsp3) is 0.500. The summed E-state index contributed by atoms with van der Waals surface area (Å²) in [5.41, 5.74) is 1.14. The molecule has 1 aromatic rings. The Morgan fingerprint density at radius 3 is 2.42 bits per heavy atom. The van der Waals surface area contributed by atoms with E-state index < -0.39 is 0 Å². The fourth-order valence-electron chi connectivity index (χ4n) is 1.78. The highest BCUT2D eigenvalue weighted by Gasteiger charge is 2.08. The van der Waals surface area contributed by atoms with E-state index in [0.717, 1.165) is 12.0 Å². The van der Waals surface area contributed by atoms with Gasteiger partial charge in [-0.15, -0.1) is 0 Å².